The van der Waals surface area contributed by atoms with E-state index < -0.39 is 35.0 Å². The van der Waals surface area contributed by atoms with Crippen molar-refractivity contribution in [3.63, 3.8) is 0 Å². The van der Waals surface area contributed by atoms with E-state index in [-0.39, 0.29) is 12.4 Å². The predicted molar refractivity (Wildman–Crippen MR) is 52.7 cm³/mol. The van der Waals surface area contributed by atoms with Gasteiger partial charge in [0, 0.05) is 5.56 Å². The monoisotopic (exact) mass is 260 g/mol. The van der Waals surface area contributed by atoms with Gasteiger partial charge in [-0.3, -0.25) is 0 Å². The van der Waals surface area contributed by atoms with Crippen LogP contribution in [-0.2, 0) is 0 Å². The number of hydrogen-bond acceptors (Lipinski definition) is 3. The minimum Gasteiger partial charge on any atom is -0.505 e. The number of hydrogen-bond donors (Lipinski definition) is 3. The smallest absolute Gasteiger partial charge is 0.407 e. The second-order valence-corrected chi connectivity index (χ2v) is 2.92. The van der Waals surface area contributed by atoms with Crippen molar-refractivity contribution in [1.29, 1.82) is 0 Å². The van der Waals surface area contributed by atoms with Gasteiger partial charge in [-0.1, -0.05) is 6.07 Å². The number of halogens is 5. The Hall–Kier alpha value is -1.21. The van der Waals surface area contributed by atoms with Gasteiger partial charge in [-0.15, -0.1) is 12.4 Å². The van der Waals surface area contributed by atoms with Gasteiger partial charge in [0.2, 0.25) is 0 Å². The van der Waals surface area contributed by atoms with Crippen LogP contribution < -0.4 is 11.5 Å². The topological polar surface area (TPSA) is 72.3 Å². The molecule has 0 radical (unpaired) electrons. The van der Waals surface area contributed by atoms with Crippen LogP contribution in [0.2, 0.25) is 0 Å². The Morgan fingerprint density at radius 1 is 1.25 bits per heavy atom. The van der Waals surface area contributed by atoms with Gasteiger partial charge in [0.1, 0.15) is 23.3 Å². The first kappa shape index (κ1) is 14.8. The third-order valence-corrected chi connectivity index (χ3v) is 1.88. The van der Waals surface area contributed by atoms with Crippen LogP contribution in [0.3, 0.4) is 0 Å². The average molecular weight is 261 g/mol. The number of phenolic OH excluding ortho intramolecular Hbond substituents is 1. The minimum atomic E-state index is -4.72. The molecule has 0 aliphatic carbocycles. The highest BCUT2D eigenvalue weighted by atomic mass is 35.5. The molecular weight excluding hydrogens is 252 g/mol. The number of anilines is 1. The molecule has 0 unspecified atom stereocenters. The van der Waals surface area contributed by atoms with Gasteiger partial charge in [-0.2, -0.15) is 13.2 Å². The zero-order chi connectivity index (χ0) is 11.8. The Balaban J connectivity index is 0.00000225. The van der Waals surface area contributed by atoms with E-state index in [1.807, 2.05) is 0 Å². The molecular formula is C8H9ClF4N2O. The quantitative estimate of drug-likeness (QED) is 0.411. The van der Waals surface area contributed by atoms with Crippen LogP contribution in [-0.4, -0.2) is 11.3 Å². The van der Waals surface area contributed by atoms with E-state index in [1.165, 1.54) is 0 Å². The highest BCUT2D eigenvalue weighted by Gasteiger charge is 2.39. The van der Waals surface area contributed by atoms with Crippen LogP contribution >= 0.6 is 12.4 Å². The lowest BCUT2D eigenvalue weighted by Crippen LogP contribution is -2.28. The summed E-state index contributed by atoms with van der Waals surface area (Å²) in [5.74, 6) is -1.97. The molecule has 0 amide bonds. The van der Waals surface area contributed by atoms with Crippen molar-refractivity contribution in [2.45, 2.75) is 12.2 Å². The van der Waals surface area contributed by atoms with E-state index in [0.717, 1.165) is 12.1 Å². The van der Waals surface area contributed by atoms with E-state index in [1.54, 1.807) is 0 Å². The maximum Gasteiger partial charge on any atom is 0.407 e. The van der Waals surface area contributed by atoms with Gasteiger partial charge in [0.25, 0.3) is 0 Å². The lowest BCUT2D eigenvalue weighted by Gasteiger charge is -2.17. The molecule has 1 rings (SSSR count). The fourth-order valence-corrected chi connectivity index (χ4v) is 1.03. The molecule has 0 spiro atoms. The van der Waals surface area contributed by atoms with E-state index in [4.69, 9.17) is 16.6 Å². The van der Waals surface area contributed by atoms with Crippen molar-refractivity contribution in [2.75, 3.05) is 5.73 Å². The first-order valence-corrected chi connectivity index (χ1v) is 3.84. The summed E-state index contributed by atoms with van der Waals surface area (Å²) in [5.41, 5.74) is 8.45. The Kier molecular flexibility index (Phi) is 4.39. The number of nitrogen functional groups attached to an aromatic ring is 1. The summed E-state index contributed by atoms with van der Waals surface area (Å²) in [5, 5.41) is 9.17. The van der Waals surface area contributed by atoms with Gasteiger partial charge < -0.3 is 16.6 Å². The molecule has 1 aromatic rings. The zero-order valence-electron chi connectivity index (χ0n) is 7.75. The van der Waals surface area contributed by atoms with Crippen molar-refractivity contribution >= 4 is 18.1 Å². The summed E-state index contributed by atoms with van der Waals surface area (Å²) in [6.07, 6.45) is -4.72. The van der Waals surface area contributed by atoms with Gasteiger partial charge in [0.05, 0.1) is 0 Å². The molecule has 0 saturated carbocycles. The van der Waals surface area contributed by atoms with Crippen molar-refractivity contribution in [3.05, 3.63) is 23.5 Å². The fourth-order valence-electron chi connectivity index (χ4n) is 1.03. The number of phenols is 1. The van der Waals surface area contributed by atoms with Crippen LogP contribution in [0.1, 0.15) is 11.6 Å². The van der Waals surface area contributed by atoms with Gasteiger partial charge in [-0.05, 0) is 6.07 Å². The lowest BCUT2D eigenvalue weighted by molar-refractivity contribution is -0.149. The molecule has 3 nitrogen and oxygen atoms in total. The number of rotatable bonds is 1. The van der Waals surface area contributed by atoms with Crippen LogP contribution in [0.5, 0.6) is 5.75 Å². The molecule has 5 N–H and O–H groups in total. The highest BCUT2D eigenvalue weighted by molar-refractivity contribution is 5.85. The third-order valence-electron chi connectivity index (χ3n) is 1.88. The van der Waals surface area contributed by atoms with Gasteiger partial charge >= 0.3 is 6.18 Å². The molecule has 0 aliphatic heterocycles. The fraction of sp³-hybridized carbons (Fsp3) is 0.250. The SMILES string of the molecule is Cl.Nc1c(F)ccc([C@H](N)C(F)(F)F)c1O. The molecule has 92 valence electrons. The van der Waals surface area contributed by atoms with Crippen LogP contribution in [0, 0.1) is 5.82 Å². The van der Waals surface area contributed by atoms with Crippen LogP contribution in [0.15, 0.2) is 12.1 Å². The summed E-state index contributed by atoms with van der Waals surface area (Å²) in [7, 11) is 0. The molecule has 1 aromatic carbocycles. The van der Waals surface area contributed by atoms with Crippen LogP contribution in [0.25, 0.3) is 0 Å². The molecule has 0 bridgehead atoms. The third kappa shape index (κ3) is 2.67. The second-order valence-electron chi connectivity index (χ2n) is 2.92. The summed E-state index contributed by atoms with van der Waals surface area (Å²) in [6, 6.07) is -0.921. The Morgan fingerprint density at radius 2 is 1.75 bits per heavy atom. The summed E-state index contributed by atoms with van der Waals surface area (Å²) >= 11 is 0. The molecule has 0 aromatic heterocycles. The van der Waals surface area contributed by atoms with E-state index in [2.05, 4.69) is 0 Å². The zero-order valence-corrected chi connectivity index (χ0v) is 8.57. The molecule has 16 heavy (non-hydrogen) atoms. The van der Waals surface area contributed by atoms with Crippen molar-refractivity contribution in [1.82, 2.24) is 0 Å². The maximum absolute atomic E-state index is 12.7. The maximum atomic E-state index is 12.7. The number of alkyl halides is 3. The molecule has 0 aliphatic rings. The summed E-state index contributed by atoms with van der Waals surface area (Å²) in [4.78, 5) is 0. The lowest BCUT2D eigenvalue weighted by atomic mass is 10.0. The Bertz CT molecular complexity index is 383. The Morgan fingerprint density at radius 3 is 2.19 bits per heavy atom. The molecule has 0 saturated heterocycles. The molecule has 0 heterocycles. The molecule has 1 atom stereocenters. The molecule has 0 fully saturated rings. The first-order chi connectivity index (χ1) is 6.75. The number of benzene rings is 1. The van der Waals surface area contributed by atoms with Gasteiger partial charge in [-0.25, -0.2) is 4.39 Å². The van der Waals surface area contributed by atoms with Crippen LogP contribution in [0.4, 0.5) is 23.2 Å². The molecule has 8 heteroatoms. The average Bonchev–Trinajstić information content (AvgIpc) is 2.12. The van der Waals surface area contributed by atoms with E-state index in [9.17, 15) is 17.6 Å². The Labute approximate surface area is 94.5 Å². The minimum absolute atomic E-state index is 0. The van der Waals surface area contributed by atoms with E-state index in [0.29, 0.717) is 0 Å². The normalized spacial score (nSPS) is 13.1. The highest BCUT2D eigenvalue weighted by Crippen LogP contribution is 2.38. The van der Waals surface area contributed by atoms with E-state index >= 15 is 0 Å². The standard InChI is InChI=1S/C8H8F4N2O.ClH/c9-4-2-1-3(6(15)5(4)13)7(14)8(10,11)12;/h1-2,7,15H,13-14H2;1H/t7-;/m0./s1. The van der Waals surface area contributed by atoms with Crippen molar-refractivity contribution < 1.29 is 22.7 Å². The number of nitrogens with two attached hydrogens (primary N) is 2. The number of aromatic hydroxyl groups is 1. The van der Waals surface area contributed by atoms with Crippen molar-refractivity contribution in [2.24, 2.45) is 5.73 Å². The summed E-state index contributed by atoms with van der Waals surface area (Å²) in [6.45, 7) is 0. The second kappa shape index (κ2) is 4.75. The summed E-state index contributed by atoms with van der Waals surface area (Å²) < 4.78 is 49.2. The predicted octanol–water partition coefficient (Wildman–Crippen LogP) is 2.10. The first-order valence-electron chi connectivity index (χ1n) is 3.84. The van der Waals surface area contributed by atoms with Crippen molar-refractivity contribution in [3.8, 4) is 5.75 Å². The van der Waals surface area contributed by atoms with Gasteiger partial charge in [0.15, 0.2) is 0 Å². The largest absolute Gasteiger partial charge is 0.505 e.